The van der Waals surface area contributed by atoms with Gasteiger partial charge in [-0.25, -0.2) is 9.48 Å². The van der Waals surface area contributed by atoms with Crippen LogP contribution in [0.15, 0.2) is 48.5 Å². The van der Waals surface area contributed by atoms with Crippen LogP contribution in [-0.4, -0.2) is 46.8 Å². The monoisotopic (exact) mass is 419 g/mol. The van der Waals surface area contributed by atoms with E-state index in [1.54, 1.807) is 23.6 Å². The third kappa shape index (κ3) is 3.91. The van der Waals surface area contributed by atoms with Crippen molar-refractivity contribution in [3.63, 3.8) is 0 Å². The van der Waals surface area contributed by atoms with Gasteiger partial charge in [-0.1, -0.05) is 18.2 Å². The van der Waals surface area contributed by atoms with Gasteiger partial charge >= 0.3 is 5.97 Å². The van der Waals surface area contributed by atoms with Crippen LogP contribution >= 0.6 is 0 Å². The standard InChI is InChI=1S/C24H25N3O4/c1-4-31-24(29)22-20-15-26(23(28)19-8-6-5-7-16(19)2)14-13-21(20)27(25-22)17-9-11-18(30-3)12-10-17/h5-12H,4,13-15H2,1-3H3. The number of hydrogen-bond acceptors (Lipinski definition) is 5. The minimum Gasteiger partial charge on any atom is -0.497 e. The lowest BCUT2D eigenvalue weighted by molar-refractivity contribution is 0.0513. The highest BCUT2D eigenvalue weighted by Crippen LogP contribution is 2.28. The molecule has 1 aliphatic heterocycles. The summed E-state index contributed by atoms with van der Waals surface area (Å²) in [6.45, 7) is 4.80. The van der Waals surface area contributed by atoms with Crippen molar-refractivity contribution in [2.45, 2.75) is 26.8 Å². The molecule has 1 amide bonds. The first kappa shape index (κ1) is 20.7. The number of aryl methyl sites for hydroxylation is 1. The normalized spacial score (nSPS) is 12.9. The van der Waals surface area contributed by atoms with Gasteiger partial charge in [-0.3, -0.25) is 4.79 Å². The zero-order valence-corrected chi connectivity index (χ0v) is 17.9. The van der Waals surface area contributed by atoms with Crippen molar-refractivity contribution in [2.75, 3.05) is 20.3 Å². The van der Waals surface area contributed by atoms with E-state index in [0.717, 1.165) is 28.3 Å². The minimum atomic E-state index is -0.476. The number of ether oxygens (including phenoxy) is 2. The van der Waals surface area contributed by atoms with Gasteiger partial charge in [0.15, 0.2) is 5.69 Å². The summed E-state index contributed by atoms with van der Waals surface area (Å²) in [5, 5.41) is 4.58. The third-order valence-electron chi connectivity index (χ3n) is 5.51. The predicted molar refractivity (Wildman–Crippen MR) is 116 cm³/mol. The summed E-state index contributed by atoms with van der Waals surface area (Å²) in [6.07, 6.45) is 0.589. The number of aromatic nitrogens is 2. The van der Waals surface area contributed by atoms with Crippen molar-refractivity contribution in [3.8, 4) is 11.4 Å². The molecule has 0 bridgehead atoms. The average Bonchev–Trinajstić information content (AvgIpc) is 3.18. The van der Waals surface area contributed by atoms with E-state index in [9.17, 15) is 9.59 Å². The number of rotatable bonds is 5. The smallest absolute Gasteiger partial charge is 0.359 e. The lowest BCUT2D eigenvalue weighted by atomic mass is 10.0. The first-order valence-corrected chi connectivity index (χ1v) is 10.3. The molecule has 0 saturated heterocycles. The zero-order chi connectivity index (χ0) is 22.0. The molecule has 0 unspecified atom stereocenters. The highest BCUT2D eigenvalue weighted by atomic mass is 16.5. The fourth-order valence-corrected chi connectivity index (χ4v) is 3.88. The molecule has 0 saturated carbocycles. The fraction of sp³-hybridized carbons (Fsp3) is 0.292. The molecule has 0 aliphatic carbocycles. The molecule has 1 aliphatic rings. The number of hydrogen-bond donors (Lipinski definition) is 0. The quantitative estimate of drug-likeness (QED) is 0.591. The van der Waals surface area contributed by atoms with Crippen LogP contribution in [0.5, 0.6) is 5.75 Å². The van der Waals surface area contributed by atoms with Gasteiger partial charge in [0.2, 0.25) is 0 Å². The lowest BCUT2D eigenvalue weighted by Crippen LogP contribution is -2.37. The number of methoxy groups -OCH3 is 1. The second-order valence-electron chi connectivity index (χ2n) is 7.40. The van der Waals surface area contributed by atoms with Crippen molar-refractivity contribution >= 4 is 11.9 Å². The molecule has 7 nitrogen and oxygen atoms in total. The first-order valence-electron chi connectivity index (χ1n) is 10.3. The van der Waals surface area contributed by atoms with Crippen molar-refractivity contribution in [3.05, 3.63) is 76.6 Å². The lowest BCUT2D eigenvalue weighted by Gasteiger charge is -2.28. The van der Waals surface area contributed by atoms with Gasteiger partial charge in [0, 0.05) is 24.1 Å². The number of amides is 1. The Morgan fingerprint density at radius 2 is 1.84 bits per heavy atom. The van der Waals surface area contributed by atoms with E-state index in [2.05, 4.69) is 5.10 Å². The SMILES string of the molecule is CCOC(=O)c1nn(-c2ccc(OC)cc2)c2c1CN(C(=O)c1ccccc1C)CC2. The number of esters is 1. The van der Waals surface area contributed by atoms with Crippen LogP contribution in [0.3, 0.4) is 0 Å². The maximum atomic E-state index is 13.2. The Morgan fingerprint density at radius 1 is 1.10 bits per heavy atom. The van der Waals surface area contributed by atoms with E-state index >= 15 is 0 Å². The first-order chi connectivity index (χ1) is 15.0. The van der Waals surface area contributed by atoms with Crippen molar-refractivity contribution in [1.29, 1.82) is 0 Å². The molecule has 7 heteroatoms. The molecule has 1 aromatic heterocycles. The number of fused-ring (bicyclic) bond motifs is 1. The van der Waals surface area contributed by atoms with Crippen LogP contribution in [0.2, 0.25) is 0 Å². The summed E-state index contributed by atoms with van der Waals surface area (Å²) in [7, 11) is 1.61. The molecule has 0 spiro atoms. The van der Waals surface area contributed by atoms with Crippen molar-refractivity contribution in [2.24, 2.45) is 0 Å². The van der Waals surface area contributed by atoms with Crippen molar-refractivity contribution in [1.82, 2.24) is 14.7 Å². The van der Waals surface area contributed by atoms with E-state index in [1.807, 2.05) is 55.5 Å². The Kier molecular flexibility index (Phi) is 5.75. The second kappa shape index (κ2) is 8.63. The second-order valence-corrected chi connectivity index (χ2v) is 7.40. The van der Waals surface area contributed by atoms with Gasteiger partial charge in [0.05, 0.1) is 31.6 Å². The van der Waals surface area contributed by atoms with Gasteiger partial charge in [0.1, 0.15) is 5.75 Å². The molecule has 0 atom stereocenters. The van der Waals surface area contributed by atoms with Crippen LogP contribution in [0.1, 0.15) is 44.6 Å². The molecular formula is C24H25N3O4. The highest BCUT2D eigenvalue weighted by molar-refractivity contribution is 5.96. The van der Waals surface area contributed by atoms with Crippen molar-refractivity contribution < 1.29 is 19.1 Å². The molecule has 160 valence electrons. The summed E-state index contributed by atoms with van der Waals surface area (Å²) in [5.74, 6) is 0.220. The fourth-order valence-electron chi connectivity index (χ4n) is 3.88. The summed E-state index contributed by atoms with van der Waals surface area (Å²) >= 11 is 0. The summed E-state index contributed by atoms with van der Waals surface area (Å²) in [6, 6.07) is 15.0. The van der Waals surface area contributed by atoms with Gasteiger partial charge in [-0.2, -0.15) is 5.10 Å². The maximum absolute atomic E-state index is 13.2. The Morgan fingerprint density at radius 3 is 2.52 bits per heavy atom. The summed E-state index contributed by atoms with van der Waals surface area (Å²) in [5.41, 5.74) is 4.34. The summed E-state index contributed by atoms with van der Waals surface area (Å²) in [4.78, 5) is 27.6. The minimum absolute atomic E-state index is 0.0456. The number of carbonyl (C=O) groups is 2. The van der Waals surface area contributed by atoms with Crippen LogP contribution in [0.4, 0.5) is 0 Å². The molecule has 3 aromatic rings. The third-order valence-corrected chi connectivity index (χ3v) is 5.51. The Labute approximate surface area is 181 Å². The van der Waals surface area contributed by atoms with E-state index in [4.69, 9.17) is 9.47 Å². The molecule has 2 heterocycles. The highest BCUT2D eigenvalue weighted by Gasteiger charge is 2.31. The van der Waals surface area contributed by atoms with Crippen LogP contribution in [0.25, 0.3) is 5.69 Å². The number of benzene rings is 2. The molecule has 2 aromatic carbocycles. The van der Waals surface area contributed by atoms with Gasteiger partial charge in [0.25, 0.3) is 5.91 Å². The topological polar surface area (TPSA) is 73.7 Å². The molecule has 0 N–H and O–H groups in total. The van der Waals surface area contributed by atoms with E-state index < -0.39 is 5.97 Å². The van der Waals surface area contributed by atoms with Crippen LogP contribution in [0, 0.1) is 6.92 Å². The van der Waals surface area contributed by atoms with E-state index in [0.29, 0.717) is 25.1 Å². The summed E-state index contributed by atoms with van der Waals surface area (Å²) < 4.78 is 12.3. The molecule has 31 heavy (non-hydrogen) atoms. The molecular weight excluding hydrogens is 394 g/mol. The van der Waals surface area contributed by atoms with Gasteiger partial charge in [-0.15, -0.1) is 0 Å². The van der Waals surface area contributed by atoms with Crippen LogP contribution < -0.4 is 4.74 Å². The van der Waals surface area contributed by atoms with Crippen LogP contribution in [-0.2, 0) is 17.7 Å². The molecule has 4 rings (SSSR count). The predicted octanol–water partition coefficient (Wildman–Crippen LogP) is 3.56. The van der Waals surface area contributed by atoms with E-state index in [-0.39, 0.29) is 18.2 Å². The largest absolute Gasteiger partial charge is 0.497 e. The maximum Gasteiger partial charge on any atom is 0.359 e. The Bertz CT molecular complexity index is 1120. The molecule has 0 radical (unpaired) electrons. The number of nitrogens with zero attached hydrogens (tertiary/aromatic N) is 3. The van der Waals surface area contributed by atoms with E-state index in [1.165, 1.54) is 0 Å². The van der Waals surface area contributed by atoms with Gasteiger partial charge < -0.3 is 14.4 Å². The number of carbonyl (C=O) groups excluding carboxylic acids is 2. The Hall–Kier alpha value is -3.61. The zero-order valence-electron chi connectivity index (χ0n) is 17.9. The average molecular weight is 419 g/mol. The Balaban J connectivity index is 1.72. The molecule has 0 fully saturated rings. The van der Waals surface area contributed by atoms with Gasteiger partial charge in [-0.05, 0) is 49.7 Å².